The number of nitrogens with one attached hydrogen (secondary N) is 1. The molecule has 1 aromatic carbocycles. The third kappa shape index (κ3) is 3.75. The van der Waals surface area contributed by atoms with Crippen LogP contribution in [0.4, 0.5) is 39.5 Å². The number of fused-ring (bicyclic) bond motifs is 1. The summed E-state index contributed by atoms with van der Waals surface area (Å²) < 4.78 is 134. The van der Waals surface area contributed by atoms with Gasteiger partial charge in [0.05, 0.1) is 0 Å². The van der Waals surface area contributed by atoms with Gasteiger partial charge in [0.2, 0.25) is 0 Å². The number of hydrogen-bond donors (Lipinski definition) is 2. The number of aromatic amines is 1. The average molecular weight is 417 g/mol. The first-order valence-electron chi connectivity index (χ1n) is 6.16. The molecule has 0 amide bonds. The van der Waals surface area contributed by atoms with Crippen molar-refractivity contribution in [3.63, 3.8) is 0 Å². The van der Waals surface area contributed by atoms with Crippen LogP contribution in [0, 0.1) is 0 Å². The Hall–Kier alpha value is -1.96. The Balaban J connectivity index is 0.000000308. The van der Waals surface area contributed by atoms with Crippen molar-refractivity contribution < 1.29 is 52.5 Å². The number of alkyl halides is 9. The highest BCUT2D eigenvalue weighted by molar-refractivity contribution is 7.87. The van der Waals surface area contributed by atoms with Crippen molar-refractivity contribution in [1.29, 1.82) is 0 Å². The van der Waals surface area contributed by atoms with E-state index in [0.717, 1.165) is 0 Å². The van der Waals surface area contributed by atoms with E-state index in [0.29, 0.717) is 0 Å². The van der Waals surface area contributed by atoms with Crippen molar-refractivity contribution in [2.45, 2.75) is 23.3 Å². The van der Waals surface area contributed by atoms with Gasteiger partial charge in [-0.1, -0.05) is 18.2 Å². The molecule has 1 aromatic heterocycles. The predicted molar refractivity (Wildman–Crippen MR) is 70.7 cm³/mol. The Morgan fingerprint density at radius 2 is 1.31 bits per heavy atom. The molecule has 2 rings (SSSR count). The van der Waals surface area contributed by atoms with Crippen LogP contribution in [0.15, 0.2) is 36.5 Å². The van der Waals surface area contributed by atoms with Gasteiger partial charge in [-0.05, 0) is 17.5 Å². The summed E-state index contributed by atoms with van der Waals surface area (Å²) in [4.78, 5) is 3.12. The van der Waals surface area contributed by atoms with Gasteiger partial charge in [-0.25, -0.2) is 0 Å². The van der Waals surface area contributed by atoms with Crippen molar-refractivity contribution in [3.8, 4) is 0 Å². The summed E-state index contributed by atoms with van der Waals surface area (Å²) in [6.07, 6.45) is -5.19. The zero-order chi connectivity index (χ0) is 20.6. The van der Waals surface area contributed by atoms with Gasteiger partial charge >= 0.3 is 33.4 Å². The third-order valence-corrected chi connectivity index (χ3v) is 3.81. The summed E-state index contributed by atoms with van der Waals surface area (Å²) in [5, 5.41) is -5.73. The fourth-order valence-corrected chi connectivity index (χ4v) is 1.97. The van der Waals surface area contributed by atoms with Gasteiger partial charge in [0.15, 0.2) is 0 Å². The van der Waals surface area contributed by atoms with Crippen molar-refractivity contribution in [2.24, 2.45) is 0 Å². The van der Waals surface area contributed by atoms with Crippen LogP contribution in [0.1, 0.15) is 0 Å². The maximum Gasteiger partial charge on any atom is 0.460 e. The standard InChI is InChI=1S/C8H7N.C4HF9O3S/c1-2-4-8-7(3-1)5-6-9-8;5-1(6,3(9,10)11)2(7,8)4(12,13)17(14,15)16/h1-6,9H;(H,14,15,16). The second kappa shape index (κ2) is 6.64. The Morgan fingerprint density at radius 3 is 1.73 bits per heavy atom. The highest BCUT2D eigenvalue weighted by Gasteiger charge is 2.85. The monoisotopic (exact) mass is 417 g/mol. The minimum Gasteiger partial charge on any atom is -0.361 e. The van der Waals surface area contributed by atoms with Gasteiger partial charge in [-0.3, -0.25) is 4.55 Å². The lowest BCUT2D eigenvalue weighted by Crippen LogP contribution is -2.63. The number of halogens is 9. The summed E-state index contributed by atoms with van der Waals surface area (Å²) in [6.45, 7) is 0. The Labute approximate surface area is 139 Å². The summed E-state index contributed by atoms with van der Waals surface area (Å²) in [5.41, 5.74) is 1.21. The van der Waals surface area contributed by atoms with Crippen LogP contribution >= 0.6 is 0 Å². The molecule has 148 valence electrons. The molecular weight excluding hydrogens is 409 g/mol. The second-order valence-corrected chi connectivity index (χ2v) is 6.17. The molecule has 0 saturated carbocycles. The molecule has 0 radical (unpaired) electrons. The van der Waals surface area contributed by atoms with E-state index in [1.54, 1.807) is 0 Å². The molecule has 0 atom stereocenters. The van der Waals surface area contributed by atoms with Crippen LogP contribution in [-0.4, -0.2) is 41.2 Å². The van der Waals surface area contributed by atoms with Gasteiger partial charge < -0.3 is 4.98 Å². The molecule has 0 bridgehead atoms. The van der Waals surface area contributed by atoms with Crippen LogP contribution in [0.3, 0.4) is 0 Å². The first-order valence-corrected chi connectivity index (χ1v) is 7.60. The lowest BCUT2D eigenvalue weighted by molar-refractivity contribution is -0.382. The van der Waals surface area contributed by atoms with E-state index in [2.05, 4.69) is 23.2 Å². The molecule has 2 aromatic rings. The summed E-state index contributed by atoms with van der Waals surface area (Å²) in [7, 11) is -7.17. The molecule has 14 heteroatoms. The Morgan fingerprint density at radius 1 is 0.808 bits per heavy atom. The van der Waals surface area contributed by atoms with E-state index in [1.807, 2.05) is 18.3 Å². The van der Waals surface area contributed by atoms with E-state index in [9.17, 15) is 47.9 Å². The molecule has 0 spiro atoms. The molecule has 0 unspecified atom stereocenters. The molecule has 4 nitrogen and oxygen atoms in total. The number of H-pyrrole nitrogens is 1. The molecule has 2 N–H and O–H groups in total. The zero-order valence-corrected chi connectivity index (χ0v) is 12.9. The van der Waals surface area contributed by atoms with Crippen LogP contribution < -0.4 is 0 Å². The molecule has 0 saturated heterocycles. The maximum atomic E-state index is 12.2. The normalized spacial score (nSPS) is 14.1. The van der Waals surface area contributed by atoms with Crippen LogP contribution in [0.5, 0.6) is 0 Å². The van der Waals surface area contributed by atoms with Gasteiger partial charge in [-0.2, -0.15) is 47.9 Å². The quantitative estimate of drug-likeness (QED) is 0.572. The van der Waals surface area contributed by atoms with Crippen LogP contribution in [0.25, 0.3) is 10.9 Å². The van der Waals surface area contributed by atoms with E-state index in [-0.39, 0.29) is 0 Å². The largest absolute Gasteiger partial charge is 0.460 e. The lowest BCUT2D eigenvalue weighted by Gasteiger charge is -2.31. The molecule has 0 aliphatic heterocycles. The summed E-state index contributed by atoms with van der Waals surface area (Å²) in [6, 6.07) is 10.3. The molecule has 1 heterocycles. The molecule has 0 aliphatic rings. The highest BCUT2D eigenvalue weighted by Crippen LogP contribution is 2.54. The van der Waals surface area contributed by atoms with Gasteiger partial charge in [0.25, 0.3) is 0 Å². The van der Waals surface area contributed by atoms with E-state index >= 15 is 0 Å². The third-order valence-electron chi connectivity index (χ3n) is 2.90. The number of rotatable bonds is 3. The minimum atomic E-state index is -7.37. The first-order chi connectivity index (χ1) is 11.5. The first kappa shape index (κ1) is 22.1. The van der Waals surface area contributed by atoms with Gasteiger partial charge in [0, 0.05) is 11.7 Å². The fraction of sp³-hybridized carbons (Fsp3) is 0.333. The maximum absolute atomic E-state index is 12.2. The average Bonchev–Trinajstić information content (AvgIpc) is 2.93. The van der Waals surface area contributed by atoms with Crippen molar-refractivity contribution >= 4 is 21.0 Å². The number of benzene rings is 1. The van der Waals surface area contributed by atoms with Crippen molar-refractivity contribution in [1.82, 2.24) is 4.98 Å². The predicted octanol–water partition coefficient (Wildman–Crippen LogP) is 4.47. The van der Waals surface area contributed by atoms with Crippen molar-refractivity contribution in [2.75, 3.05) is 0 Å². The molecule has 0 fully saturated rings. The van der Waals surface area contributed by atoms with E-state index < -0.39 is 33.4 Å². The van der Waals surface area contributed by atoms with E-state index in [4.69, 9.17) is 4.55 Å². The van der Waals surface area contributed by atoms with Crippen LogP contribution in [-0.2, 0) is 10.1 Å². The number of aromatic nitrogens is 1. The minimum absolute atomic E-state index is 1.21. The molecule has 0 aliphatic carbocycles. The van der Waals surface area contributed by atoms with Gasteiger partial charge in [-0.15, -0.1) is 0 Å². The van der Waals surface area contributed by atoms with Crippen LogP contribution in [0.2, 0.25) is 0 Å². The topological polar surface area (TPSA) is 70.2 Å². The number of para-hydroxylation sites is 1. The molecule has 26 heavy (non-hydrogen) atoms. The highest BCUT2D eigenvalue weighted by atomic mass is 32.2. The number of hydrogen-bond acceptors (Lipinski definition) is 2. The lowest BCUT2D eigenvalue weighted by atomic mass is 10.1. The van der Waals surface area contributed by atoms with Gasteiger partial charge in [0.1, 0.15) is 0 Å². The Bertz CT molecular complexity index is 828. The fourth-order valence-electron chi connectivity index (χ4n) is 1.52. The SMILES string of the molecule is O=S(=O)(O)C(F)(F)C(F)(F)C(F)(F)C(F)(F)F.c1ccc2[nH]ccc2c1. The molecular formula is C12H8F9NO3S. The zero-order valence-electron chi connectivity index (χ0n) is 12.0. The second-order valence-electron chi connectivity index (χ2n) is 4.70. The summed E-state index contributed by atoms with van der Waals surface area (Å²) >= 11 is 0. The smallest absolute Gasteiger partial charge is 0.361 e. The van der Waals surface area contributed by atoms with Crippen molar-refractivity contribution in [3.05, 3.63) is 36.5 Å². The van der Waals surface area contributed by atoms with E-state index in [1.165, 1.54) is 10.9 Å². The Kier molecular flexibility index (Phi) is 5.64. The summed E-state index contributed by atoms with van der Waals surface area (Å²) in [5.74, 6) is -14.7.